The van der Waals surface area contributed by atoms with Crippen molar-refractivity contribution in [1.82, 2.24) is 5.32 Å². The van der Waals surface area contributed by atoms with E-state index in [2.05, 4.69) is 58.5 Å². The third kappa shape index (κ3) is 3.33. The molecule has 1 aliphatic carbocycles. The first-order valence-corrected chi connectivity index (χ1v) is 8.57. The molecule has 1 atom stereocenters. The Hall–Kier alpha value is -0.830. The van der Waals surface area contributed by atoms with Gasteiger partial charge in [-0.2, -0.15) is 0 Å². The summed E-state index contributed by atoms with van der Waals surface area (Å²) in [5.41, 5.74) is 2.62. The normalized spacial score (nSPS) is 22.6. The number of nitrogens with one attached hydrogen (secondary N) is 1. The highest BCUT2D eigenvalue weighted by atomic mass is 79.9. The molecule has 0 aliphatic heterocycles. The number of benzene rings is 2. The monoisotopic (exact) mass is 363 g/mol. The smallest absolute Gasteiger partial charge is 0.0453 e. The summed E-state index contributed by atoms with van der Waals surface area (Å²) in [5, 5.41) is 4.54. The highest BCUT2D eigenvalue weighted by Crippen LogP contribution is 2.41. The highest BCUT2D eigenvalue weighted by molar-refractivity contribution is 9.10. The first kappa shape index (κ1) is 15.1. The molecule has 0 radical (unpaired) electrons. The van der Waals surface area contributed by atoms with Gasteiger partial charge in [-0.25, -0.2) is 0 Å². The Balaban J connectivity index is 1.58. The van der Waals surface area contributed by atoms with Crippen LogP contribution in [0, 0.1) is 0 Å². The molecule has 3 heteroatoms. The predicted molar refractivity (Wildman–Crippen MR) is 92.9 cm³/mol. The van der Waals surface area contributed by atoms with Gasteiger partial charge in [0.2, 0.25) is 0 Å². The third-order valence-electron chi connectivity index (χ3n) is 4.34. The van der Waals surface area contributed by atoms with E-state index in [9.17, 15) is 0 Å². The lowest BCUT2D eigenvalue weighted by molar-refractivity contribution is 0.270. The Kier molecular flexibility index (Phi) is 4.68. The summed E-state index contributed by atoms with van der Waals surface area (Å²) in [6, 6.07) is 17.5. The van der Waals surface area contributed by atoms with Gasteiger partial charge in [-0.1, -0.05) is 63.9 Å². The molecule has 3 rings (SSSR count). The zero-order valence-electron chi connectivity index (χ0n) is 12.0. The molecule has 2 aromatic carbocycles. The zero-order valence-corrected chi connectivity index (χ0v) is 14.4. The molecule has 110 valence electrons. The van der Waals surface area contributed by atoms with Crippen LogP contribution < -0.4 is 5.32 Å². The summed E-state index contributed by atoms with van der Waals surface area (Å²) in [4.78, 5) is 0. The Morgan fingerprint density at radius 3 is 2.48 bits per heavy atom. The van der Waals surface area contributed by atoms with Crippen LogP contribution in [-0.4, -0.2) is 6.04 Å². The van der Waals surface area contributed by atoms with Crippen molar-refractivity contribution in [1.29, 1.82) is 0 Å². The van der Waals surface area contributed by atoms with Crippen LogP contribution in [0.3, 0.4) is 0 Å². The molecule has 2 aromatic rings. The van der Waals surface area contributed by atoms with Crippen molar-refractivity contribution in [3.05, 3.63) is 69.2 Å². The van der Waals surface area contributed by atoms with Gasteiger partial charge in [0.1, 0.15) is 0 Å². The quantitative estimate of drug-likeness (QED) is 0.734. The van der Waals surface area contributed by atoms with E-state index in [1.165, 1.54) is 28.4 Å². The highest BCUT2D eigenvalue weighted by Gasteiger charge is 2.32. The van der Waals surface area contributed by atoms with Crippen molar-refractivity contribution >= 4 is 27.5 Å². The maximum Gasteiger partial charge on any atom is 0.0453 e. The van der Waals surface area contributed by atoms with Crippen molar-refractivity contribution < 1.29 is 0 Å². The van der Waals surface area contributed by atoms with E-state index in [-0.39, 0.29) is 0 Å². The second kappa shape index (κ2) is 6.51. The Bertz CT molecular complexity index is 622. The van der Waals surface area contributed by atoms with Gasteiger partial charge in [0.25, 0.3) is 0 Å². The van der Waals surface area contributed by atoms with E-state index in [0.29, 0.717) is 18.0 Å². The molecule has 0 spiro atoms. The first-order chi connectivity index (χ1) is 10.1. The summed E-state index contributed by atoms with van der Waals surface area (Å²) >= 11 is 9.91. The van der Waals surface area contributed by atoms with Crippen molar-refractivity contribution in [2.45, 2.75) is 37.8 Å². The number of hydrogen-bond donors (Lipinski definition) is 1. The summed E-state index contributed by atoms with van der Waals surface area (Å²) < 4.78 is 1.23. The molecular weight excluding hydrogens is 346 g/mol. The van der Waals surface area contributed by atoms with Gasteiger partial charge in [0.05, 0.1) is 0 Å². The van der Waals surface area contributed by atoms with Crippen LogP contribution in [0.2, 0.25) is 5.02 Å². The Labute approximate surface area is 139 Å². The van der Waals surface area contributed by atoms with Crippen molar-refractivity contribution in [2.75, 3.05) is 0 Å². The summed E-state index contributed by atoms with van der Waals surface area (Å²) in [5.74, 6) is 0.663. The van der Waals surface area contributed by atoms with Gasteiger partial charge >= 0.3 is 0 Å². The zero-order chi connectivity index (χ0) is 14.8. The van der Waals surface area contributed by atoms with E-state index in [1.54, 1.807) is 0 Å². The minimum atomic E-state index is 0.295. The Morgan fingerprint density at radius 1 is 1.10 bits per heavy atom. The molecule has 0 bridgehead atoms. The van der Waals surface area contributed by atoms with Gasteiger partial charge < -0.3 is 5.32 Å². The third-order valence-corrected chi connectivity index (χ3v) is 5.41. The maximum atomic E-state index is 6.26. The fraction of sp³-hybridized carbons (Fsp3) is 0.333. The number of rotatable bonds is 4. The second-order valence-corrected chi connectivity index (χ2v) is 7.06. The molecule has 0 heterocycles. The SMILES string of the molecule is CC(NC1CC(c2ccccc2Br)C1)c1ccccc1Cl. The van der Waals surface area contributed by atoms with E-state index < -0.39 is 0 Å². The Morgan fingerprint density at radius 2 is 1.76 bits per heavy atom. The molecular formula is C18H19BrClN. The lowest BCUT2D eigenvalue weighted by Crippen LogP contribution is -2.41. The van der Waals surface area contributed by atoms with Crippen LogP contribution >= 0.6 is 27.5 Å². The maximum absolute atomic E-state index is 6.26. The molecule has 1 N–H and O–H groups in total. The van der Waals surface area contributed by atoms with Crippen LogP contribution in [-0.2, 0) is 0 Å². The summed E-state index contributed by atoms with van der Waals surface area (Å²) in [7, 11) is 0. The minimum Gasteiger partial charge on any atom is -0.307 e. The average molecular weight is 365 g/mol. The van der Waals surface area contributed by atoms with Crippen LogP contribution in [0.5, 0.6) is 0 Å². The van der Waals surface area contributed by atoms with Gasteiger partial charge in [0, 0.05) is 21.6 Å². The molecule has 1 nitrogen and oxygen atoms in total. The van der Waals surface area contributed by atoms with Gasteiger partial charge in [-0.05, 0) is 48.9 Å². The molecule has 21 heavy (non-hydrogen) atoms. The standard InChI is InChI=1S/C18H19BrClN/c1-12(15-6-3-5-9-18(15)20)21-14-10-13(11-14)16-7-2-4-8-17(16)19/h2-9,12-14,21H,10-11H2,1H3. The topological polar surface area (TPSA) is 12.0 Å². The second-order valence-electron chi connectivity index (χ2n) is 5.80. The lowest BCUT2D eigenvalue weighted by atomic mass is 9.75. The average Bonchev–Trinajstić information content (AvgIpc) is 2.44. The first-order valence-electron chi connectivity index (χ1n) is 7.40. The molecule has 1 unspecified atom stereocenters. The molecule has 0 aromatic heterocycles. The van der Waals surface area contributed by atoms with E-state index in [4.69, 9.17) is 11.6 Å². The number of halogens is 2. The lowest BCUT2D eigenvalue weighted by Gasteiger charge is -2.38. The molecule has 0 amide bonds. The van der Waals surface area contributed by atoms with Crippen molar-refractivity contribution in [3.8, 4) is 0 Å². The van der Waals surface area contributed by atoms with Crippen LogP contribution in [0.4, 0.5) is 0 Å². The molecule has 0 saturated heterocycles. The fourth-order valence-corrected chi connectivity index (χ4v) is 3.99. The van der Waals surface area contributed by atoms with Gasteiger partial charge in [0.15, 0.2) is 0 Å². The number of hydrogen-bond acceptors (Lipinski definition) is 1. The van der Waals surface area contributed by atoms with E-state index >= 15 is 0 Å². The predicted octanol–water partition coefficient (Wildman–Crippen LogP) is 5.70. The summed E-state index contributed by atoms with van der Waals surface area (Å²) in [6.07, 6.45) is 2.38. The minimum absolute atomic E-state index is 0.295. The van der Waals surface area contributed by atoms with Crippen molar-refractivity contribution in [2.24, 2.45) is 0 Å². The van der Waals surface area contributed by atoms with E-state index in [0.717, 1.165) is 5.02 Å². The van der Waals surface area contributed by atoms with E-state index in [1.807, 2.05) is 18.2 Å². The molecule has 1 fully saturated rings. The van der Waals surface area contributed by atoms with Crippen LogP contribution in [0.15, 0.2) is 53.0 Å². The molecule has 1 saturated carbocycles. The molecule has 1 aliphatic rings. The summed E-state index contributed by atoms with van der Waals surface area (Å²) in [6.45, 7) is 2.19. The van der Waals surface area contributed by atoms with Crippen LogP contribution in [0.1, 0.15) is 42.9 Å². The fourth-order valence-electron chi connectivity index (χ4n) is 3.08. The largest absolute Gasteiger partial charge is 0.307 e. The van der Waals surface area contributed by atoms with Crippen molar-refractivity contribution in [3.63, 3.8) is 0 Å². The van der Waals surface area contributed by atoms with Crippen LogP contribution in [0.25, 0.3) is 0 Å². The van der Waals surface area contributed by atoms with Gasteiger partial charge in [-0.3, -0.25) is 0 Å². The van der Waals surface area contributed by atoms with Gasteiger partial charge in [-0.15, -0.1) is 0 Å².